The highest BCUT2D eigenvalue weighted by atomic mass is 19.4. The lowest BCUT2D eigenvalue weighted by molar-refractivity contribution is -0.115. The normalized spacial score (nSPS) is 11.9. The van der Waals surface area contributed by atoms with Crippen molar-refractivity contribution in [1.29, 1.82) is 0 Å². The van der Waals surface area contributed by atoms with Crippen molar-refractivity contribution in [3.05, 3.63) is 28.7 Å². The predicted molar refractivity (Wildman–Crippen MR) is 53.5 cm³/mol. The van der Waals surface area contributed by atoms with Crippen molar-refractivity contribution in [2.45, 2.75) is 6.18 Å². The number of halogens is 3. The fraction of sp³-hybridized carbons (Fsp3) is 0.222. The second-order valence-electron chi connectivity index (χ2n) is 3.31. The molecule has 0 aliphatic carbocycles. The summed E-state index contributed by atoms with van der Waals surface area (Å²) in [5.74, 6) is 0. The third-order valence-electron chi connectivity index (χ3n) is 2.01. The van der Waals surface area contributed by atoms with Crippen molar-refractivity contribution in [3.8, 4) is 0 Å². The molecule has 0 saturated carbocycles. The van der Waals surface area contributed by atoms with Crippen LogP contribution in [-0.2, 0) is 0 Å². The van der Waals surface area contributed by atoms with Crippen LogP contribution in [0.5, 0.6) is 0 Å². The lowest BCUT2D eigenvalue weighted by Gasteiger charge is -2.09. The molecule has 1 heterocycles. The van der Waals surface area contributed by atoms with Gasteiger partial charge in [-0.15, -0.1) is 0 Å². The summed E-state index contributed by atoms with van der Waals surface area (Å²) in [6.45, 7) is -1.10. The van der Waals surface area contributed by atoms with Gasteiger partial charge in [-0.1, -0.05) is 0 Å². The Kier molecular flexibility index (Phi) is 2.37. The molecule has 4 nitrogen and oxygen atoms in total. The molecular weight excluding hydrogens is 223 g/mol. The van der Waals surface area contributed by atoms with Crippen LogP contribution < -0.4 is 11.0 Å². The van der Waals surface area contributed by atoms with E-state index in [0.717, 1.165) is 0 Å². The summed E-state index contributed by atoms with van der Waals surface area (Å²) >= 11 is 0. The highest BCUT2D eigenvalue weighted by molar-refractivity contribution is 5.78. The molecule has 7 heteroatoms. The molecule has 1 aromatic carbocycles. The van der Waals surface area contributed by atoms with E-state index in [1.807, 2.05) is 0 Å². The highest BCUT2D eigenvalue weighted by Crippen LogP contribution is 2.18. The fourth-order valence-electron chi connectivity index (χ4n) is 1.34. The Morgan fingerprint density at radius 1 is 1.19 bits per heavy atom. The minimum absolute atomic E-state index is 0.306. The molecule has 0 saturated heterocycles. The second-order valence-corrected chi connectivity index (χ2v) is 3.31. The van der Waals surface area contributed by atoms with Crippen LogP contribution in [0.25, 0.3) is 11.0 Å². The van der Waals surface area contributed by atoms with Crippen LogP contribution in [0.4, 0.5) is 18.9 Å². The van der Waals surface area contributed by atoms with Gasteiger partial charge in [0, 0.05) is 5.69 Å². The number of hydrogen-bond acceptors (Lipinski definition) is 2. The van der Waals surface area contributed by atoms with Crippen molar-refractivity contribution in [2.75, 3.05) is 11.9 Å². The number of rotatable bonds is 2. The number of alkyl halides is 3. The highest BCUT2D eigenvalue weighted by Gasteiger charge is 2.26. The average molecular weight is 231 g/mol. The van der Waals surface area contributed by atoms with E-state index in [4.69, 9.17) is 0 Å². The van der Waals surface area contributed by atoms with Gasteiger partial charge in [0.2, 0.25) is 0 Å². The second kappa shape index (κ2) is 3.58. The molecule has 0 bridgehead atoms. The number of fused-ring (bicyclic) bond motifs is 1. The van der Waals surface area contributed by atoms with E-state index in [2.05, 4.69) is 15.3 Å². The molecule has 16 heavy (non-hydrogen) atoms. The molecule has 0 amide bonds. The zero-order chi connectivity index (χ0) is 11.8. The van der Waals surface area contributed by atoms with Gasteiger partial charge in [0.15, 0.2) is 0 Å². The number of anilines is 1. The number of imidazole rings is 1. The molecule has 0 spiro atoms. The number of nitrogens with one attached hydrogen (secondary N) is 3. The zero-order valence-electron chi connectivity index (χ0n) is 7.98. The first-order valence-corrected chi connectivity index (χ1v) is 4.47. The average Bonchev–Trinajstić information content (AvgIpc) is 2.52. The van der Waals surface area contributed by atoms with E-state index in [-0.39, 0.29) is 5.69 Å². The number of hydrogen-bond donors (Lipinski definition) is 3. The third-order valence-corrected chi connectivity index (χ3v) is 2.01. The van der Waals surface area contributed by atoms with E-state index in [9.17, 15) is 18.0 Å². The van der Waals surface area contributed by atoms with Gasteiger partial charge in [0.05, 0.1) is 11.0 Å². The zero-order valence-corrected chi connectivity index (χ0v) is 7.98. The van der Waals surface area contributed by atoms with Crippen molar-refractivity contribution >= 4 is 16.7 Å². The smallest absolute Gasteiger partial charge is 0.376 e. The molecular formula is C9H8F3N3O. The van der Waals surface area contributed by atoms with Gasteiger partial charge in [-0.2, -0.15) is 13.2 Å². The monoisotopic (exact) mass is 231 g/mol. The summed E-state index contributed by atoms with van der Waals surface area (Å²) in [6.07, 6.45) is -4.26. The SMILES string of the molecule is O=c1[nH]c2ccc(NCC(F)(F)F)cc2[nH]1. The maximum atomic E-state index is 11.9. The number of aromatic nitrogens is 2. The summed E-state index contributed by atoms with van der Waals surface area (Å²) in [4.78, 5) is 15.9. The number of aromatic amines is 2. The summed E-state index contributed by atoms with van der Waals surface area (Å²) in [5.41, 5.74) is 0.947. The molecule has 86 valence electrons. The molecule has 2 aromatic rings. The minimum atomic E-state index is -4.26. The first kappa shape index (κ1) is 10.6. The van der Waals surface area contributed by atoms with Crippen LogP contribution in [-0.4, -0.2) is 22.7 Å². The van der Waals surface area contributed by atoms with Crippen LogP contribution in [0.3, 0.4) is 0 Å². The molecule has 0 aliphatic heterocycles. The lowest BCUT2D eigenvalue weighted by Crippen LogP contribution is -2.21. The first-order valence-electron chi connectivity index (χ1n) is 4.47. The van der Waals surface area contributed by atoms with Gasteiger partial charge >= 0.3 is 11.9 Å². The Labute approximate surface area is 87.5 Å². The summed E-state index contributed by atoms with van der Waals surface area (Å²) in [6, 6.07) is 4.45. The molecule has 3 N–H and O–H groups in total. The summed E-state index contributed by atoms with van der Waals surface area (Å²) in [5, 5.41) is 2.23. The van der Waals surface area contributed by atoms with Crippen LogP contribution in [0.2, 0.25) is 0 Å². The Bertz CT molecular complexity index is 555. The molecule has 0 fully saturated rings. The van der Waals surface area contributed by atoms with Crippen molar-refractivity contribution in [3.63, 3.8) is 0 Å². The number of H-pyrrole nitrogens is 2. The van der Waals surface area contributed by atoms with Crippen molar-refractivity contribution in [2.24, 2.45) is 0 Å². The molecule has 0 radical (unpaired) electrons. The lowest BCUT2D eigenvalue weighted by atomic mass is 10.3. The Balaban J connectivity index is 2.22. The molecule has 1 aromatic heterocycles. The van der Waals surface area contributed by atoms with E-state index >= 15 is 0 Å². The van der Waals surface area contributed by atoms with Crippen molar-refractivity contribution in [1.82, 2.24) is 9.97 Å². The first-order chi connectivity index (χ1) is 7.44. The fourth-order valence-corrected chi connectivity index (χ4v) is 1.34. The van der Waals surface area contributed by atoms with Gasteiger partial charge in [-0.3, -0.25) is 0 Å². The molecule has 2 rings (SSSR count). The topological polar surface area (TPSA) is 60.7 Å². The maximum absolute atomic E-state index is 11.9. The maximum Gasteiger partial charge on any atom is 0.405 e. The number of benzene rings is 1. The van der Waals surface area contributed by atoms with Gasteiger partial charge < -0.3 is 15.3 Å². The Morgan fingerprint density at radius 3 is 2.56 bits per heavy atom. The summed E-state index contributed by atoms with van der Waals surface area (Å²) < 4.78 is 35.8. The molecule has 0 aliphatic rings. The summed E-state index contributed by atoms with van der Waals surface area (Å²) in [7, 11) is 0. The van der Waals surface area contributed by atoms with Crippen LogP contribution in [0.1, 0.15) is 0 Å². The molecule has 0 unspecified atom stereocenters. The third kappa shape index (κ3) is 2.36. The van der Waals surface area contributed by atoms with E-state index in [1.54, 1.807) is 0 Å². The van der Waals surface area contributed by atoms with Gasteiger partial charge in [0.1, 0.15) is 6.54 Å². The Morgan fingerprint density at radius 2 is 1.88 bits per heavy atom. The largest absolute Gasteiger partial charge is 0.405 e. The van der Waals surface area contributed by atoms with Crippen LogP contribution in [0.15, 0.2) is 23.0 Å². The quantitative estimate of drug-likeness (QED) is 0.738. The molecule has 0 atom stereocenters. The predicted octanol–water partition coefficient (Wildman–Crippen LogP) is 1.83. The minimum Gasteiger partial charge on any atom is -0.376 e. The van der Waals surface area contributed by atoms with Crippen LogP contribution in [0, 0.1) is 0 Å². The van der Waals surface area contributed by atoms with Gasteiger partial charge in [0.25, 0.3) is 0 Å². The van der Waals surface area contributed by atoms with Crippen molar-refractivity contribution < 1.29 is 13.2 Å². The Hall–Kier alpha value is -1.92. The van der Waals surface area contributed by atoms with Gasteiger partial charge in [-0.05, 0) is 18.2 Å². The van der Waals surface area contributed by atoms with Crippen LogP contribution >= 0.6 is 0 Å². The van der Waals surface area contributed by atoms with E-state index in [0.29, 0.717) is 16.7 Å². The van der Waals surface area contributed by atoms with E-state index in [1.165, 1.54) is 18.2 Å². The standard InChI is InChI=1S/C9H8F3N3O/c10-9(11,12)4-13-5-1-2-6-7(3-5)15-8(16)14-6/h1-3,13H,4H2,(H2,14,15,16). The van der Waals surface area contributed by atoms with Gasteiger partial charge in [-0.25, -0.2) is 4.79 Å². The van der Waals surface area contributed by atoms with E-state index < -0.39 is 12.7 Å².